The van der Waals surface area contributed by atoms with Crippen molar-refractivity contribution < 1.29 is 21.6 Å². The number of fused-ring (bicyclic) bond motifs is 1. The van der Waals surface area contributed by atoms with Gasteiger partial charge in [0.1, 0.15) is 17.0 Å². The molecule has 11 heteroatoms. The zero-order chi connectivity index (χ0) is 23.3. The highest BCUT2D eigenvalue weighted by molar-refractivity contribution is 7.89. The van der Waals surface area contributed by atoms with E-state index >= 15 is 0 Å². The summed E-state index contributed by atoms with van der Waals surface area (Å²) in [4.78, 5) is 8.01. The molecule has 0 spiro atoms. The monoisotopic (exact) mass is 459 g/mol. The van der Waals surface area contributed by atoms with Crippen LogP contribution in [0.3, 0.4) is 0 Å². The summed E-state index contributed by atoms with van der Waals surface area (Å²) >= 11 is 0. The van der Waals surface area contributed by atoms with E-state index in [0.29, 0.717) is 29.3 Å². The topological polar surface area (TPSA) is 101 Å². The van der Waals surface area contributed by atoms with E-state index in [2.05, 4.69) is 16.0 Å². The molecule has 32 heavy (non-hydrogen) atoms. The van der Waals surface area contributed by atoms with Gasteiger partial charge in [0.15, 0.2) is 0 Å². The van der Waals surface area contributed by atoms with Crippen LogP contribution in [-0.4, -0.2) is 35.2 Å². The predicted octanol–water partition coefficient (Wildman–Crippen LogP) is 3.92. The Kier molecular flexibility index (Phi) is 5.15. The van der Waals surface area contributed by atoms with Crippen LogP contribution in [0.4, 0.5) is 13.2 Å². The third-order valence-corrected chi connectivity index (χ3v) is 6.53. The van der Waals surface area contributed by atoms with Crippen molar-refractivity contribution in [3.8, 4) is 17.5 Å². The van der Waals surface area contributed by atoms with Crippen LogP contribution in [0.1, 0.15) is 18.2 Å². The number of nitriles is 1. The van der Waals surface area contributed by atoms with Crippen molar-refractivity contribution >= 4 is 26.6 Å². The Labute approximate surface area is 181 Å². The second kappa shape index (κ2) is 7.58. The molecule has 0 fully saturated rings. The van der Waals surface area contributed by atoms with Crippen molar-refractivity contribution in [2.24, 2.45) is 0 Å². The summed E-state index contributed by atoms with van der Waals surface area (Å²) in [6, 6.07) is 4.25. The number of nitrogens with one attached hydrogen (secondary N) is 1. The molecule has 1 aliphatic rings. The first kappa shape index (κ1) is 21.7. The highest BCUT2D eigenvalue weighted by atomic mass is 32.2. The van der Waals surface area contributed by atoms with Crippen molar-refractivity contribution in [2.75, 3.05) is 0 Å². The van der Waals surface area contributed by atoms with Crippen molar-refractivity contribution in [1.82, 2.24) is 19.3 Å². The number of alkyl halides is 3. The molecule has 3 heterocycles. The molecule has 0 unspecified atom stereocenters. The lowest BCUT2D eigenvalue weighted by molar-refractivity contribution is -0.147. The van der Waals surface area contributed by atoms with Crippen LogP contribution in [-0.2, 0) is 10.0 Å². The zero-order valence-electron chi connectivity index (χ0n) is 16.8. The van der Waals surface area contributed by atoms with Crippen LogP contribution in [0.25, 0.3) is 28.0 Å². The Bertz CT molecular complexity index is 1430. The fourth-order valence-corrected chi connectivity index (χ4v) is 4.46. The van der Waals surface area contributed by atoms with Crippen LogP contribution in [0, 0.1) is 18.3 Å². The van der Waals surface area contributed by atoms with E-state index in [4.69, 9.17) is 0 Å². The smallest absolute Gasteiger partial charge is 0.306 e. The molecule has 0 amide bonds. The molecular weight excluding hydrogens is 443 g/mol. The van der Waals surface area contributed by atoms with E-state index in [1.54, 1.807) is 10.9 Å². The van der Waals surface area contributed by atoms with E-state index in [9.17, 15) is 26.9 Å². The van der Waals surface area contributed by atoms with Gasteiger partial charge in [-0.1, -0.05) is 6.08 Å². The van der Waals surface area contributed by atoms with Crippen LogP contribution in [0.5, 0.6) is 0 Å². The fourth-order valence-electron chi connectivity index (χ4n) is 3.29. The Hall–Kier alpha value is -3.49. The summed E-state index contributed by atoms with van der Waals surface area (Å²) in [5.74, 6) is 0. The van der Waals surface area contributed by atoms with Crippen LogP contribution < -0.4 is 4.72 Å². The standard InChI is InChI=1S/C21H16F3N5O2S/c1-12-8-19-17(11-26-12)16(9-25)20(29(19)14-4-3-5-14)18-7-6-15(10-27-18)32(30,31)28-13(2)21(22,23)24/h3-8,10-11,13,28H,1-2H3/t13-/m0/s1. The lowest BCUT2D eigenvalue weighted by Crippen LogP contribution is -2.42. The van der Waals surface area contributed by atoms with Gasteiger partial charge < -0.3 is 4.57 Å². The van der Waals surface area contributed by atoms with Gasteiger partial charge in [-0.3, -0.25) is 9.97 Å². The van der Waals surface area contributed by atoms with Crippen LogP contribution in [0.15, 0.2) is 53.7 Å². The zero-order valence-corrected chi connectivity index (χ0v) is 17.7. The van der Waals surface area contributed by atoms with Gasteiger partial charge in [-0.25, -0.2) is 8.42 Å². The predicted molar refractivity (Wildman–Crippen MR) is 112 cm³/mol. The average molecular weight is 459 g/mol. The van der Waals surface area contributed by atoms with E-state index in [0.717, 1.165) is 29.2 Å². The van der Waals surface area contributed by atoms with Gasteiger partial charge in [-0.05, 0) is 44.2 Å². The van der Waals surface area contributed by atoms with Crippen molar-refractivity contribution in [2.45, 2.75) is 31.0 Å². The number of allylic oxidation sites excluding steroid dienone is 4. The number of aromatic nitrogens is 3. The Morgan fingerprint density at radius 1 is 1.22 bits per heavy atom. The average Bonchev–Trinajstić information content (AvgIpc) is 2.99. The number of aryl methyl sites for hydroxylation is 1. The molecule has 3 aromatic heterocycles. The fraction of sp³-hybridized carbons (Fsp3) is 0.190. The number of halogens is 3. The second-order valence-electron chi connectivity index (χ2n) is 7.23. The highest BCUT2D eigenvalue weighted by Crippen LogP contribution is 2.37. The largest absolute Gasteiger partial charge is 0.404 e. The second-order valence-corrected chi connectivity index (χ2v) is 8.94. The first-order valence-corrected chi connectivity index (χ1v) is 10.9. The number of nitrogens with zero attached hydrogens (tertiary/aromatic N) is 4. The summed E-state index contributed by atoms with van der Waals surface area (Å²) in [7, 11) is -4.44. The lowest BCUT2D eigenvalue weighted by Gasteiger charge is -2.17. The van der Waals surface area contributed by atoms with Gasteiger partial charge in [0, 0.05) is 29.2 Å². The van der Waals surface area contributed by atoms with E-state index in [1.807, 2.05) is 35.8 Å². The van der Waals surface area contributed by atoms with Crippen molar-refractivity contribution in [1.29, 1.82) is 5.26 Å². The Morgan fingerprint density at radius 3 is 2.47 bits per heavy atom. The van der Waals surface area contributed by atoms with Gasteiger partial charge in [-0.15, -0.1) is 0 Å². The molecule has 0 radical (unpaired) electrons. The summed E-state index contributed by atoms with van der Waals surface area (Å²) in [6.45, 7) is 2.53. The van der Waals surface area contributed by atoms with Crippen molar-refractivity contribution in [3.05, 3.63) is 60.1 Å². The SMILES string of the molecule is Cc1cc2c(cn1)c(C#N)c(-c1ccc(S(=O)(=O)N[C@@H](C)C(F)(F)F)cn1)n2C1=CC=C1. The number of hydrogen-bond donors (Lipinski definition) is 1. The Morgan fingerprint density at radius 2 is 1.94 bits per heavy atom. The molecule has 0 bridgehead atoms. The van der Waals surface area contributed by atoms with E-state index in [-0.39, 0.29) is 0 Å². The summed E-state index contributed by atoms with van der Waals surface area (Å²) in [6.07, 6.45) is 3.37. The summed E-state index contributed by atoms with van der Waals surface area (Å²) in [5, 5.41) is 10.4. The third kappa shape index (κ3) is 3.68. The molecule has 4 rings (SSSR count). The van der Waals surface area contributed by atoms with Crippen LogP contribution in [0.2, 0.25) is 0 Å². The minimum atomic E-state index is -4.72. The summed E-state index contributed by atoms with van der Waals surface area (Å²) < 4.78 is 66.4. The third-order valence-electron chi connectivity index (χ3n) is 5.01. The lowest BCUT2D eigenvalue weighted by atomic mass is 10.1. The molecule has 0 saturated heterocycles. The normalized spacial score (nSPS) is 14.7. The molecule has 3 aromatic rings. The maximum absolute atomic E-state index is 12.8. The molecule has 0 saturated carbocycles. The van der Waals surface area contributed by atoms with Gasteiger partial charge >= 0.3 is 6.18 Å². The molecular formula is C21H16F3N5O2S. The van der Waals surface area contributed by atoms with E-state index in [1.165, 1.54) is 6.07 Å². The quantitative estimate of drug-likeness (QED) is 0.623. The maximum Gasteiger partial charge on any atom is 0.404 e. The minimum absolute atomic E-state index is 0.291. The first-order chi connectivity index (χ1) is 15.0. The molecule has 1 atom stereocenters. The number of sulfonamides is 1. The van der Waals surface area contributed by atoms with Gasteiger partial charge in [0.05, 0.1) is 22.5 Å². The van der Waals surface area contributed by atoms with Crippen LogP contribution >= 0.6 is 0 Å². The molecule has 1 N–H and O–H groups in total. The summed E-state index contributed by atoms with van der Waals surface area (Å²) in [5.41, 5.74) is 3.32. The van der Waals surface area contributed by atoms with Crippen molar-refractivity contribution in [3.63, 3.8) is 0 Å². The van der Waals surface area contributed by atoms with Gasteiger partial charge in [-0.2, -0.15) is 23.2 Å². The van der Waals surface area contributed by atoms with Gasteiger partial charge in [0.25, 0.3) is 0 Å². The van der Waals surface area contributed by atoms with E-state index < -0.39 is 27.1 Å². The molecule has 1 aliphatic carbocycles. The minimum Gasteiger partial charge on any atom is -0.306 e. The molecule has 164 valence electrons. The number of hydrogen-bond acceptors (Lipinski definition) is 5. The highest BCUT2D eigenvalue weighted by Gasteiger charge is 2.39. The number of rotatable bonds is 5. The molecule has 7 nitrogen and oxygen atoms in total. The van der Waals surface area contributed by atoms with Gasteiger partial charge in [0.2, 0.25) is 10.0 Å². The first-order valence-electron chi connectivity index (χ1n) is 9.38. The molecule has 0 aliphatic heterocycles. The number of pyridine rings is 2. The molecule has 0 aromatic carbocycles. The maximum atomic E-state index is 12.8. The Balaban J connectivity index is 1.82.